The van der Waals surface area contributed by atoms with Gasteiger partial charge in [0, 0.05) is 13.1 Å². The van der Waals surface area contributed by atoms with Crippen LogP contribution in [0.15, 0.2) is 24.3 Å². The smallest absolute Gasteiger partial charge is 0.241 e. The lowest BCUT2D eigenvalue weighted by atomic mass is 10.2. The summed E-state index contributed by atoms with van der Waals surface area (Å²) >= 11 is 0. The first-order valence-electron chi connectivity index (χ1n) is 6.48. The van der Waals surface area contributed by atoms with Crippen molar-refractivity contribution in [2.75, 3.05) is 38.7 Å². The summed E-state index contributed by atoms with van der Waals surface area (Å²) in [4.78, 5) is 14.3. The van der Waals surface area contributed by atoms with E-state index in [0.717, 1.165) is 13.1 Å². The second kappa shape index (κ2) is 6.54. The molecule has 0 unspecified atom stereocenters. The van der Waals surface area contributed by atoms with Gasteiger partial charge in [0.1, 0.15) is 5.75 Å². The Kier molecular flexibility index (Phi) is 4.76. The second-order valence-corrected chi connectivity index (χ2v) is 4.51. The Labute approximate surface area is 113 Å². The number of methoxy groups -OCH3 is 1. The van der Waals surface area contributed by atoms with E-state index in [1.54, 1.807) is 7.11 Å². The first-order chi connectivity index (χ1) is 9.22. The van der Waals surface area contributed by atoms with Crippen molar-refractivity contribution in [2.45, 2.75) is 13.0 Å². The molecule has 5 nitrogen and oxygen atoms in total. The molecule has 0 radical (unpaired) electrons. The lowest BCUT2D eigenvalue weighted by molar-refractivity contribution is -0.122. The van der Waals surface area contributed by atoms with E-state index in [1.165, 1.54) is 0 Å². The van der Waals surface area contributed by atoms with Gasteiger partial charge in [0.25, 0.3) is 0 Å². The predicted molar refractivity (Wildman–Crippen MR) is 73.5 cm³/mol. The number of ether oxygens (including phenoxy) is 2. The number of anilines is 1. The standard InChI is InChI=1S/C14H20N2O3/c1-11(16-7-9-19-10-8-16)14(17)15-12-5-3-4-6-13(12)18-2/h3-6,11H,7-10H2,1-2H3,(H,15,17)/t11-/m0/s1. The third-order valence-electron chi connectivity index (χ3n) is 3.34. The van der Waals surface area contributed by atoms with Crippen molar-refractivity contribution in [2.24, 2.45) is 0 Å². The molecule has 1 atom stereocenters. The molecule has 1 heterocycles. The largest absolute Gasteiger partial charge is 0.495 e. The van der Waals surface area contributed by atoms with Crippen molar-refractivity contribution in [3.05, 3.63) is 24.3 Å². The molecule has 1 amide bonds. The molecule has 1 aromatic carbocycles. The summed E-state index contributed by atoms with van der Waals surface area (Å²) in [5.41, 5.74) is 0.704. The monoisotopic (exact) mass is 264 g/mol. The summed E-state index contributed by atoms with van der Waals surface area (Å²) in [5.74, 6) is 0.649. The van der Waals surface area contributed by atoms with Gasteiger partial charge in [-0.3, -0.25) is 9.69 Å². The number of amides is 1. The number of hydrogen-bond acceptors (Lipinski definition) is 4. The van der Waals surface area contributed by atoms with Crippen LogP contribution < -0.4 is 10.1 Å². The van der Waals surface area contributed by atoms with Gasteiger partial charge < -0.3 is 14.8 Å². The fourth-order valence-electron chi connectivity index (χ4n) is 2.12. The van der Waals surface area contributed by atoms with E-state index in [9.17, 15) is 4.79 Å². The number of hydrogen-bond donors (Lipinski definition) is 1. The molecular weight excluding hydrogens is 244 g/mol. The lowest BCUT2D eigenvalue weighted by Gasteiger charge is -2.31. The molecule has 19 heavy (non-hydrogen) atoms. The van der Waals surface area contributed by atoms with Crippen LogP contribution in [0.4, 0.5) is 5.69 Å². The maximum absolute atomic E-state index is 12.2. The van der Waals surface area contributed by atoms with Crippen molar-refractivity contribution in [1.82, 2.24) is 4.90 Å². The van der Waals surface area contributed by atoms with E-state index in [1.807, 2.05) is 31.2 Å². The van der Waals surface area contributed by atoms with Crippen LogP contribution in [0.5, 0.6) is 5.75 Å². The first kappa shape index (κ1) is 13.8. The lowest BCUT2D eigenvalue weighted by Crippen LogP contribution is -2.47. The van der Waals surface area contributed by atoms with Crippen molar-refractivity contribution < 1.29 is 14.3 Å². The van der Waals surface area contributed by atoms with E-state index in [2.05, 4.69) is 10.2 Å². The Morgan fingerprint density at radius 1 is 1.37 bits per heavy atom. The average molecular weight is 264 g/mol. The number of nitrogens with zero attached hydrogens (tertiary/aromatic N) is 1. The second-order valence-electron chi connectivity index (χ2n) is 4.51. The molecular formula is C14H20N2O3. The average Bonchev–Trinajstić information content (AvgIpc) is 2.48. The number of carbonyl (C=O) groups is 1. The van der Waals surface area contributed by atoms with Crippen molar-refractivity contribution in [1.29, 1.82) is 0 Å². The highest BCUT2D eigenvalue weighted by Gasteiger charge is 2.23. The van der Waals surface area contributed by atoms with Crippen LogP contribution in [0.3, 0.4) is 0 Å². The Balaban J connectivity index is 1.99. The molecule has 104 valence electrons. The van der Waals surface area contributed by atoms with Gasteiger partial charge in [-0.05, 0) is 19.1 Å². The van der Waals surface area contributed by atoms with Crippen molar-refractivity contribution >= 4 is 11.6 Å². The Morgan fingerprint density at radius 3 is 2.74 bits per heavy atom. The third kappa shape index (κ3) is 3.45. The summed E-state index contributed by atoms with van der Waals surface area (Å²) in [6.45, 7) is 4.87. The zero-order valence-corrected chi connectivity index (χ0v) is 11.4. The summed E-state index contributed by atoms with van der Waals surface area (Å²) in [5, 5.41) is 2.91. The molecule has 0 bridgehead atoms. The van der Waals surface area contributed by atoms with Gasteiger partial charge in [-0.15, -0.1) is 0 Å². The van der Waals surface area contributed by atoms with E-state index < -0.39 is 0 Å². The SMILES string of the molecule is COc1ccccc1NC(=O)[C@H](C)N1CCOCC1. The van der Waals surface area contributed by atoms with Crippen LogP contribution in [0.1, 0.15) is 6.92 Å². The summed E-state index contributed by atoms with van der Waals surface area (Å²) < 4.78 is 10.5. The molecule has 0 saturated carbocycles. The predicted octanol–water partition coefficient (Wildman–Crippen LogP) is 1.35. The van der Waals surface area contributed by atoms with Crippen LogP contribution >= 0.6 is 0 Å². The fourth-order valence-corrected chi connectivity index (χ4v) is 2.12. The molecule has 2 rings (SSSR count). The highest BCUT2D eigenvalue weighted by molar-refractivity contribution is 5.95. The van der Waals surface area contributed by atoms with Crippen molar-refractivity contribution in [3.63, 3.8) is 0 Å². The highest BCUT2D eigenvalue weighted by Crippen LogP contribution is 2.23. The first-order valence-corrected chi connectivity index (χ1v) is 6.48. The summed E-state index contributed by atoms with van der Waals surface area (Å²) in [7, 11) is 1.59. The molecule has 0 spiro atoms. The minimum absolute atomic E-state index is 0.0219. The number of para-hydroxylation sites is 2. The molecule has 1 N–H and O–H groups in total. The van der Waals surface area contributed by atoms with Crippen LogP contribution in [-0.2, 0) is 9.53 Å². The van der Waals surface area contributed by atoms with Gasteiger partial charge >= 0.3 is 0 Å². The molecule has 1 aliphatic rings. The number of carbonyl (C=O) groups excluding carboxylic acids is 1. The molecule has 5 heteroatoms. The number of benzene rings is 1. The number of nitrogens with one attached hydrogen (secondary N) is 1. The van der Waals surface area contributed by atoms with Gasteiger partial charge in [-0.1, -0.05) is 12.1 Å². The van der Waals surface area contributed by atoms with Crippen LogP contribution in [0, 0.1) is 0 Å². The fraction of sp³-hybridized carbons (Fsp3) is 0.500. The molecule has 1 saturated heterocycles. The molecule has 1 aromatic rings. The van der Waals surface area contributed by atoms with E-state index >= 15 is 0 Å². The minimum atomic E-state index is -0.172. The molecule has 1 fully saturated rings. The minimum Gasteiger partial charge on any atom is -0.495 e. The summed E-state index contributed by atoms with van der Waals surface area (Å²) in [6, 6.07) is 7.24. The highest BCUT2D eigenvalue weighted by atomic mass is 16.5. The van der Waals surface area contributed by atoms with Gasteiger partial charge in [-0.25, -0.2) is 0 Å². The maximum atomic E-state index is 12.2. The van der Waals surface area contributed by atoms with Crippen LogP contribution in [0.2, 0.25) is 0 Å². The van der Waals surface area contributed by atoms with Crippen LogP contribution in [0.25, 0.3) is 0 Å². The zero-order valence-electron chi connectivity index (χ0n) is 11.4. The third-order valence-corrected chi connectivity index (χ3v) is 3.34. The van der Waals surface area contributed by atoms with E-state index in [-0.39, 0.29) is 11.9 Å². The van der Waals surface area contributed by atoms with Gasteiger partial charge in [0.05, 0.1) is 32.1 Å². The van der Waals surface area contributed by atoms with Crippen molar-refractivity contribution in [3.8, 4) is 5.75 Å². The van der Waals surface area contributed by atoms with Gasteiger partial charge in [0.2, 0.25) is 5.91 Å². The normalized spacial score (nSPS) is 17.8. The Morgan fingerprint density at radius 2 is 2.05 bits per heavy atom. The molecule has 0 aromatic heterocycles. The van der Waals surface area contributed by atoms with E-state index in [4.69, 9.17) is 9.47 Å². The summed E-state index contributed by atoms with van der Waals surface area (Å²) in [6.07, 6.45) is 0. The number of rotatable bonds is 4. The van der Waals surface area contributed by atoms with Gasteiger partial charge in [-0.2, -0.15) is 0 Å². The van der Waals surface area contributed by atoms with Gasteiger partial charge in [0.15, 0.2) is 0 Å². The Hall–Kier alpha value is -1.59. The zero-order chi connectivity index (χ0) is 13.7. The maximum Gasteiger partial charge on any atom is 0.241 e. The number of morpholine rings is 1. The topological polar surface area (TPSA) is 50.8 Å². The molecule has 0 aliphatic carbocycles. The quantitative estimate of drug-likeness (QED) is 0.892. The van der Waals surface area contributed by atoms with Crippen LogP contribution in [-0.4, -0.2) is 50.3 Å². The molecule has 1 aliphatic heterocycles. The Bertz CT molecular complexity index is 430. The van der Waals surface area contributed by atoms with E-state index in [0.29, 0.717) is 24.7 Å².